The van der Waals surface area contributed by atoms with Crippen molar-refractivity contribution in [1.82, 2.24) is 9.21 Å². The van der Waals surface area contributed by atoms with E-state index in [0.717, 1.165) is 25.9 Å². The zero-order chi connectivity index (χ0) is 18.7. The number of rotatable bonds is 4. The Balaban J connectivity index is 1.60. The van der Waals surface area contributed by atoms with Crippen LogP contribution in [0.3, 0.4) is 0 Å². The quantitative estimate of drug-likeness (QED) is 0.860. The summed E-state index contributed by atoms with van der Waals surface area (Å²) in [5.74, 6) is -0.516. The van der Waals surface area contributed by atoms with Gasteiger partial charge in [0.05, 0.1) is 12.2 Å². The molecule has 1 atom stereocenters. The topological polar surface area (TPSA) is 86.8 Å². The molecule has 0 radical (unpaired) electrons. The highest BCUT2D eigenvalue weighted by Gasteiger charge is 2.30. The van der Waals surface area contributed by atoms with Gasteiger partial charge >= 0.3 is 0 Å². The Morgan fingerprint density at radius 3 is 2.31 bits per heavy atom. The SMILES string of the molecule is CS(=O)(=O)N1CCCC(C(=O)Nc2ccc(C(=O)N3CCCC3)cc2)C1. The first-order chi connectivity index (χ1) is 12.3. The molecule has 2 aliphatic heterocycles. The zero-order valence-corrected chi connectivity index (χ0v) is 15.8. The molecule has 1 N–H and O–H groups in total. The predicted molar refractivity (Wildman–Crippen MR) is 99.4 cm³/mol. The molecule has 1 aromatic carbocycles. The number of amides is 2. The fourth-order valence-electron chi connectivity index (χ4n) is 3.50. The smallest absolute Gasteiger partial charge is 0.253 e. The van der Waals surface area contributed by atoms with Crippen molar-refractivity contribution in [3.05, 3.63) is 29.8 Å². The van der Waals surface area contributed by atoms with E-state index in [1.54, 1.807) is 24.3 Å². The summed E-state index contributed by atoms with van der Waals surface area (Å²) >= 11 is 0. The van der Waals surface area contributed by atoms with Crippen molar-refractivity contribution < 1.29 is 18.0 Å². The number of hydrogen-bond donors (Lipinski definition) is 1. The monoisotopic (exact) mass is 379 g/mol. The van der Waals surface area contributed by atoms with Crippen molar-refractivity contribution in [1.29, 1.82) is 0 Å². The summed E-state index contributed by atoms with van der Waals surface area (Å²) in [5, 5.41) is 2.83. The van der Waals surface area contributed by atoms with Crippen LogP contribution in [0.4, 0.5) is 5.69 Å². The number of benzene rings is 1. The first-order valence-electron chi connectivity index (χ1n) is 9.00. The summed E-state index contributed by atoms with van der Waals surface area (Å²) in [5.41, 5.74) is 1.23. The number of carbonyl (C=O) groups excluding carboxylic acids is 2. The number of anilines is 1. The minimum atomic E-state index is -3.28. The van der Waals surface area contributed by atoms with Gasteiger partial charge in [0.25, 0.3) is 5.91 Å². The minimum Gasteiger partial charge on any atom is -0.339 e. The summed E-state index contributed by atoms with van der Waals surface area (Å²) in [7, 11) is -3.28. The number of piperidine rings is 1. The molecule has 7 nitrogen and oxygen atoms in total. The van der Waals surface area contributed by atoms with Crippen LogP contribution in [0.2, 0.25) is 0 Å². The van der Waals surface area contributed by atoms with Crippen LogP contribution in [-0.2, 0) is 14.8 Å². The van der Waals surface area contributed by atoms with E-state index in [1.165, 1.54) is 10.6 Å². The molecule has 1 aromatic rings. The summed E-state index contributed by atoms with van der Waals surface area (Å²) in [6.45, 7) is 2.29. The lowest BCUT2D eigenvalue weighted by molar-refractivity contribution is -0.120. The van der Waals surface area contributed by atoms with Crippen molar-refractivity contribution in [2.45, 2.75) is 25.7 Å². The van der Waals surface area contributed by atoms with E-state index in [0.29, 0.717) is 30.6 Å². The molecule has 2 aliphatic rings. The first kappa shape index (κ1) is 18.8. The Labute approximate surface area is 154 Å². The molecule has 26 heavy (non-hydrogen) atoms. The molecule has 142 valence electrons. The van der Waals surface area contributed by atoms with Crippen LogP contribution in [0.15, 0.2) is 24.3 Å². The van der Waals surface area contributed by atoms with E-state index < -0.39 is 10.0 Å². The van der Waals surface area contributed by atoms with Gasteiger partial charge in [0.15, 0.2) is 0 Å². The van der Waals surface area contributed by atoms with Crippen molar-refractivity contribution >= 4 is 27.5 Å². The lowest BCUT2D eigenvalue weighted by Gasteiger charge is -2.30. The van der Waals surface area contributed by atoms with Gasteiger partial charge in [-0.3, -0.25) is 9.59 Å². The maximum atomic E-state index is 12.5. The maximum Gasteiger partial charge on any atom is 0.253 e. The lowest BCUT2D eigenvalue weighted by atomic mass is 9.98. The normalized spacial score (nSPS) is 21.6. The maximum absolute atomic E-state index is 12.5. The number of carbonyl (C=O) groups is 2. The van der Waals surface area contributed by atoms with Gasteiger partial charge in [-0.15, -0.1) is 0 Å². The molecule has 2 heterocycles. The van der Waals surface area contributed by atoms with Gasteiger partial charge < -0.3 is 10.2 Å². The van der Waals surface area contributed by atoms with E-state index in [2.05, 4.69) is 5.32 Å². The highest BCUT2D eigenvalue weighted by Crippen LogP contribution is 2.21. The molecule has 2 amide bonds. The Bertz CT molecular complexity index is 770. The second-order valence-electron chi connectivity index (χ2n) is 7.03. The number of hydrogen-bond acceptors (Lipinski definition) is 4. The largest absolute Gasteiger partial charge is 0.339 e. The standard InChI is InChI=1S/C18H25N3O4S/c1-26(24,25)21-12-4-5-15(13-21)17(22)19-16-8-6-14(7-9-16)18(23)20-10-2-3-11-20/h6-9,15H,2-5,10-13H2,1H3,(H,19,22). The van der Waals surface area contributed by atoms with Crippen molar-refractivity contribution in [3.8, 4) is 0 Å². The summed E-state index contributed by atoms with van der Waals surface area (Å²) in [6.07, 6.45) is 4.61. The van der Waals surface area contributed by atoms with Crippen LogP contribution in [0, 0.1) is 5.92 Å². The molecule has 2 saturated heterocycles. The Hall–Kier alpha value is -1.93. The molecular weight excluding hydrogens is 354 g/mol. The number of likely N-dealkylation sites (tertiary alicyclic amines) is 1. The van der Waals surface area contributed by atoms with Crippen LogP contribution < -0.4 is 5.32 Å². The van der Waals surface area contributed by atoms with Crippen LogP contribution in [-0.4, -0.2) is 61.9 Å². The fraction of sp³-hybridized carbons (Fsp3) is 0.556. The highest BCUT2D eigenvalue weighted by atomic mass is 32.2. The molecule has 8 heteroatoms. The molecule has 0 spiro atoms. The fourth-order valence-corrected chi connectivity index (χ4v) is 4.41. The molecular formula is C18H25N3O4S. The first-order valence-corrected chi connectivity index (χ1v) is 10.8. The predicted octanol–water partition coefficient (Wildman–Crippen LogP) is 1.53. The van der Waals surface area contributed by atoms with E-state index >= 15 is 0 Å². The second-order valence-corrected chi connectivity index (χ2v) is 9.01. The van der Waals surface area contributed by atoms with Crippen LogP contribution in [0.1, 0.15) is 36.0 Å². The summed E-state index contributed by atoms with van der Waals surface area (Å²) < 4.78 is 24.7. The molecule has 2 fully saturated rings. The van der Waals surface area contributed by atoms with Crippen molar-refractivity contribution in [3.63, 3.8) is 0 Å². The number of sulfonamides is 1. The van der Waals surface area contributed by atoms with Crippen LogP contribution in [0.25, 0.3) is 0 Å². The van der Waals surface area contributed by atoms with Gasteiger partial charge in [0, 0.05) is 37.4 Å². The molecule has 0 bridgehead atoms. The van der Waals surface area contributed by atoms with Crippen LogP contribution in [0.5, 0.6) is 0 Å². The third-order valence-electron chi connectivity index (χ3n) is 5.02. The second kappa shape index (κ2) is 7.75. The average molecular weight is 379 g/mol. The van der Waals surface area contributed by atoms with Gasteiger partial charge in [0.1, 0.15) is 0 Å². The van der Waals surface area contributed by atoms with Gasteiger partial charge in [0.2, 0.25) is 15.9 Å². The molecule has 1 unspecified atom stereocenters. The van der Waals surface area contributed by atoms with Crippen molar-refractivity contribution in [2.75, 3.05) is 37.8 Å². The van der Waals surface area contributed by atoms with Crippen LogP contribution >= 0.6 is 0 Å². The van der Waals surface area contributed by atoms with Gasteiger partial charge in [-0.05, 0) is 49.9 Å². The van der Waals surface area contributed by atoms with Crippen molar-refractivity contribution in [2.24, 2.45) is 5.92 Å². The number of nitrogens with zero attached hydrogens (tertiary/aromatic N) is 2. The van der Waals surface area contributed by atoms with Gasteiger partial charge in [-0.25, -0.2) is 12.7 Å². The number of nitrogens with one attached hydrogen (secondary N) is 1. The average Bonchev–Trinajstić information content (AvgIpc) is 3.16. The summed E-state index contributed by atoms with van der Waals surface area (Å²) in [6, 6.07) is 6.89. The van der Waals surface area contributed by atoms with E-state index in [4.69, 9.17) is 0 Å². The molecule has 0 aliphatic carbocycles. The third kappa shape index (κ3) is 4.42. The minimum absolute atomic E-state index is 0.0245. The van der Waals surface area contributed by atoms with E-state index in [9.17, 15) is 18.0 Å². The Kier molecular flexibility index (Phi) is 5.62. The Morgan fingerprint density at radius 1 is 1.04 bits per heavy atom. The highest BCUT2D eigenvalue weighted by molar-refractivity contribution is 7.88. The zero-order valence-electron chi connectivity index (χ0n) is 15.0. The molecule has 0 saturated carbocycles. The Morgan fingerprint density at radius 2 is 1.69 bits per heavy atom. The van der Waals surface area contributed by atoms with E-state index in [-0.39, 0.29) is 24.3 Å². The third-order valence-corrected chi connectivity index (χ3v) is 6.29. The molecule has 3 rings (SSSR count). The molecule has 0 aromatic heterocycles. The lowest BCUT2D eigenvalue weighted by Crippen LogP contribution is -2.43. The summed E-state index contributed by atoms with van der Waals surface area (Å²) in [4.78, 5) is 26.6. The van der Waals surface area contributed by atoms with Gasteiger partial charge in [-0.2, -0.15) is 0 Å². The van der Waals surface area contributed by atoms with E-state index in [1.807, 2.05) is 4.90 Å². The van der Waals surface area contributed by atoms with Gasteiger partial charge in [-0.1, -0.05) is 0 Å².